The Morgan fingerprint density at radius 3 is 2.78 bits per heavy atom. The molecule has 0 bridgehead atoms. The highest BCUT2D eigenvalue weighted by molar-refractivity contribution is 5.76. The van der Waals surface area contributed by atoms with Crippen molar-refractivity contribution >= 4 is 11.6 Å². The summed E-state index contributed by atoms with van der Waals surface area (Å²) < 4.78 is 13.0. The van der Waals surface area contributed by atoms with Crippen molar-refractivity contribution in [3.63, 3.8) is 0 Å². The molecule has 1 saturated heterocycles. The molecule has 0 spiro atoms. The molecule has 2 rings (SSSR count). The number of nitrogens with zero attached hydrogens (tertiary/aromatic N) is 1. The van der Waals surface area contributed by atoms with Crippen LogP contribution in [0.15, 0.2) is 24.3 Å². The number of piperidine rings is 1. The Hall–Kier alpha value is -1.58. The van der Waals surface area contributed by atoms with Crippen molar-refractivity contribution in [3.8, 4) is 0 Å². The molecular formula is C14H19FN2O. The SMILES string of the molecule is Nc1cccc(CCC(=O)N2CCC(F)CC2)c1. The second-order valence-corrected chi connectivity index (χ2v) is 4.80. The van der Waals surface area contributed by atoms with E-state index in [-0.39, 0.29) is 5.91 Å². The molecule has 0 radical (unpaired) electrons. The minimum absolute atomic E-state index is 0.115. The van der Waals surface area contributed by atoms with E-state index in [1.807, 2.05) is 24.3 Å². The molecule has 1 aromatic rings. The third-order valence-corrected chi connectivity index (χ3v) is 3.36. The van der Waals surface area contributed by atoms with E-state index in [4.69, 9.17) is 5.73 Å². The van der Waals surface area contributed by atoms with Gasteiger partial charge in [0.05, 0.1) is 0 Å². The highest BCUT2D eigenvalue weighted by atomic mass is 19.1. The summed E-state index contributed by atoms with van der Waals surface area (Å²) in [5, 5.41) is 0. The second-order valence-electron chi connectivity index (χ2n) is 4.80. The van der Waals surface area contributed by atoms with E-state index in [1.165, 1.54) is 0 Å². The van der Waals surface area contributed by atoms with Crippen LogP contribution in [0.1, 0.15) is 24.8 Å². The number of aryl methyl sites for hydroxylation is 1. The molecule has 18 heavy (non-hydrogen) atoms. The quantitative estimate of drug-likeness (QED) is 0.836. The van der Waals surface area contributed by atoms with Gasteiger partial charge in [-0.25, -0.2) is 4.39 Å². The van der Waals surface area contributed by atoms with Crippen molar-refractivity contribution in [2.75, 3.05) is 18.8 Å². The number of alkyl halides is 1. The van der Waals surface area contributed by atoms with E-state index in [0.717, 1.165) is 11.3 Å². The first kappa shape index (κ1) is 12.9. The van der Waals surface area contributed by atoms with Crippen molar-refractivity contribution < 1.29 is 9.18 Å². The van der Waals surface area contributed by atoms with Gasteiger partial charge in [-0.1, -0.05) is 12.1 Å². The molecule has 4 heteroatoms. The van der Waals surface area contributed by atoms with Crippen LogP contribution in [-0.4, -0.2) is 30.1 Å². The van der Waals surface area contributed by atoms with Gasteiger partial charge in [0.2, 0.25) is 5.91 Å². The average molecular weight is 250 g/mol. The molecular weight excluding hydrogens is 231 g/mol. The van der Waals surface area contributed by atoms with Crippen LogP contribution in [0.3, 0.4) is 0 Å². The van der Waals surface area contributed by atoms with E-state index >= 15 is 0 Å². The fourth-order valence-corrected chi connectivity index (χ4v) is 2.26. The molecule has 98 valence electrons. The lowest BCUT2D eigenvalue weighted by atomic mass is 10.1. The summed E-state index contributed by atoms with van der Waals surface area (Å²) >= 11 is 0. The van der Waals surface area contributed by atoms with Crippen LogP contribution in [0.4, 0.5) is 10.1 Å². The first-order chi connectivity index (χ1) is 8.65. The number of carbonyl (C=O) groups excluding carboxylic acids is 1. The monoisotopic (exact) mass is 250 g/mol. The maximum Gasteiger partial charge on any atom is 0.222 e. The number of hydrogen-bond acceptors (Lipinski definition) is 2. The number of hydrogen-bond donors (Lipinski definition) is 1. The Balaban J connectivity index is 1.81. The lowest BCUT2D eigenvalue weighted by Crippen LogP contribution is -2.39. The van der Waals surface area contributed by atoms with Crippen LogP contribution in [0.25, 0.3) is 0 Å². The van der Waals surface area contributed by atoms with Crippen LogP contribution in [0.2, 0.25) is 0 Å². The molecule has 3 nitrogen and oxygen atoms in total. The summed E-state index contributed by atoms with van der Waals surface area (Å²) in [6.45, 7) is 1.11. The number of anilines is 1. The van der Waals surface area contributed by atoms with Gasteiger partial charge in [-0.15, -0.1) is 0 Å². The van der Waals surface area contributed by atoms with E-state index in [1.54, 1.807) is 4.90 Å². The number of halogens is 1. The van der Waals surface area contributed by atoms with Crippen LogP contribution in [-0.2, 0) is 11.2 Å². The summed E-state index contributed by atoms with van der Waals surface area (Å²) in [4.78, 5) is 13.7. The van der Waals surface area contributed by atoms with Crippen LogP contribution in [0.5, 0.6) is 0 Å². The van der Waals surface area contributed by atoms with Gasteiger partial charge in [0.25, 0.3) is 0 Å². The zero-order valence-electron chi connectivity index (χ0n) is 10.4. The van der Waals surface area contributed by atoms with Crippen molar-refractivity contribution in [3.05, 3.63) is 29.8 Å². The standard InChI is InChI=1S/C14H19FN2O/c15-12-6-8-17(9-7-12)14(18)5-4-11-2-1-3-13(16)10-11/h1-3,10,12H,4-9,16H2. The fourth-order valence-electron chi connectivity index (χ4n) is 2.26. The van der Waals surface area contributed by atoms with E-state index in [0.29, 0.717) is 38.8 Å². The Kier molecular flexibility index (Phi) is 4.18. The van der Waals surface area contributed by atoms with Gasteiger partial charge >= 0.3 is 0 Å². The van der Waals surface area contributed by atoms with Gasteiger partial charge in [0.15, 0.2) is 0 Å². The molecule has 0 atom stereocenters. The fraction of sp³-hybridized carbons (Fsp3) is 0.500. The van der Waals surface area contributed by atoms with Crippen LogP contribution < -0.4 is 5.73 Å². The molecule has 1 heterocycles. The summed E-state index contributed by atoms with van der Waals surface area (Å²) in [5.74, 6) is 0.115. The number of carbonyl (C=O) groups is 1. The Bertz CT molecular complexity index is 414. The van der Waals surface area contributed by atoms with Gasteiger partial charge < -0.3 is 10.6 Å². The number of likely N-dealkylation sites (tertiary alicyclic amines) is 1. The first-order valence-electron chi connectivity index (χ1n) is 6.41. The van der Waals surface area contributed by atoms with Gasteiger partial charge in [0.1, 0.15) is 6.17 Å². The molecule has 1 fully saturated rings. The van der Waals surface area contributed by atoms with Gasteiger partial charge in [-0.05, 0) is 37.0 Å². The number of nitrogen functional groups attached to an aromatic ring is 1. The summed E-state index contributed by atoms with van der Waals surface area (Å²) in [7, 11) is 0. The van der Waals surface area contributed by atoms with Crippen LogP contribution in [0, 0.1) is 0 Å². The third kappa shape index (κ3) is 3.45. The van der Waals surface area contributed by atoms with E-state index in [2.05, 4.69) is 0 Å². The third-order valence-electron chi connectivity index (χ3n) is 3.36. The lowest BCUT2D eigenvalue weighted by Gasteiger charge is -2.28. The molecule has 0 unspecified atom stereocenters. The predicted octanol–water partition coefficient (Wildman–Crippen LogP) is 2.16. The maximum atomic E-state index is 13.0. The number of rotatable bonds is 3. The Labute approximate surface area is 107 Å². The summed E-state index contributed by atoms with van der Waals surface area (Å²) in [6.07, 6.45) is 1.39. The molecule has 1 aliphatic heterocycles. The van der Waals surface area contributed by atoms with Crippen molar-refractivity contribution in [2.24, 2.45) is 0 Å². The summed E-state index contributed by atoms with van der Waals surface area (Å²) in [5.41, 5.74) is 7.48. The number of benzene rings is 1. The number of amides is 1. The highest BCUT2D eigenvalue weighted by Gasteiger charge is 2.21. The maximum absolute atomic E-state index is 13.0. The minimum atomic E-state index is -0.733. The Morgan fingerprint density at radius 1 is 1.39 bits per heavy atom. The van der Waals surface area contributed by atoms with Crippen molar-refractivity contribution in [1.29, 1.82) is 0 Å². The molecule has 0 aromatic heterocycles. The second kappa shape index (κ2) is 5.85. The molecule has 2 N–H and O–H groups in total. The molecule has 1 amide bonds. The van der Waals surface area contributed by atoms with Gasteiger partial charge in [-0.2, -0.15) is 0 Å². The average Bonchev–Trinajstić information content (AvgIpc) is 2.37. The van der Waals surface area contributed by atoms with Gasteiger partial charge in [-0.3, -0.25) is 4.79 Å². The zero-order chi connectivity index (χ0) is 13.0. The normalized spacial score (nSPS) is 16.8. The zero-order valence-corrected chi connectivity index (χ0v) is 10.4. The number of nitrogens with two attached hydrogens (primary N) is 1. The lowest BCUT2D eigenvalue weighted by molar-refractivity contribution is -0.132. The minimum Gasteiger partial charge on any atom is -0.399 e. The van der Waals surface area contributed by atoms with E-state index < -0.39 is 6.17 Å². The van der Waals surface area contributed by atoms with Crippen molar-refractivity contribution in [1.82, 2.24) is 4.90 Å². The summed E-state index contributed by atoms with van der Waals surface area (Å²) in [6, 6.07) is 7.58. The topological polar surface area (TPSA) is 46.3 Å². The molecule has 1 aromatic carbocycles. The van der Waals surface area contributed by atoms with Crippen molar-refractivity contribution in [2.45, 2.75) is 31.9 Å². The van der Waals surface area contributed by atoms with Crippen LogP contribution >= 0.6 is 0 Å². The smallest absolute Gasteiger partial charge is 0.222 e. The molecule has 0 saturated carbocycles. The predicted molar refractivity (Wildman–Crippen MR) is 69.9 cm³/mol. The first-order valence-corrected chi connectivity index (χ1v) is 6.41. The Morgan fingerprint density at radius 2 is 2.11 bits per heavy atom. The largest absolute Gasteiger partial charge is 0.399 e. The van der Waals surface area contributed by atoms with Gasteiger partial charge in [0, 0.05) is 25.2 Å². The molecule has 1 aliphatic rings. The highest BCUT2D eigenvalue weighted by Crippen LogP contribution is 2.15. The van der Waals surface area contributed by atoms with E-state index in [9.17, 15) is 9.18 Å². The molecule has 0 aliphatic carbocycles.